The zero-order valence-electron chi connectivity index (χ0n) is 15.5. The molecule has 0 unspecified atom stereocenters. The molecule has 0 fully saturated rings. The van der Waals surface area contributed by atoms with Crippen molar-refractivity contribution in [2.45, 2.75) is 13.5 Å². The lowest BCUT2D eigenvalue weighted by Gasteiger charge is -2.09. The summed E-state index contributed by atoms with van der Waals surface area (Å²) in [5, 5.41) is 3.27. The highest BCUT2D eigenvalue weighted by Crippen LogP contribution is 2.26. The van der Waals surface area contributed by atoms with E-state index in [9.17, 15) is 14.0 Å². The Kier molecular flexibility index (Phi) is 5.67. The first-order valence-electron chi connectivity index (χ1n) is 8.53. The van der Waals surface area contributed by atoms with Gasteiger partial charge in [0.15, 0.2) is 0 Å². The van der Waals surface area contributed by atoms with Crippen LogP contribution in [0, 0.1) is 12.7 Å². The second-order valence-electron chi connectivity index (χ2n) is 6.56. The molecule has 1 aromatic carbocycles. The van der Waals surface area contributed by atoms with Crippen LogP contribution in [0.15, 0.2) is 35.4 Å². The van der Waals surface area contributed by atoms with Gasteiger partial charge in [-0.1, -0.05) is 18.2 Å². The van der Waals surface area contributed by atoms with Crippen LogP contribution in [0.25, 0.3) is 10.2 Å². The van der Waals surface area contributed by atoms with Crippen LogP contribution in [0.4, 0.5) is 4.39 Å². The van der Waals surface area contributed by atoms with Crippen molar-refractivity contribution in [2.24, 2.45) is 0 Å². The molecule has 0 aliphatic carbocycles. The summed E-state index contributed by atoms with van der Waals surface area (Å²) in [4.78, 5) is 32.6. The summed E-state index contributed by atoms with van der Waals surface area (Å²) in [7, 11) is 3.86. The molecule has 3 rings (SSSR count). The monoisotopic (exact) mass is 388 g/mol. The number of hydrogen-bond donors (Lipinski definition) is 1. The fraction of sp³-hybridized carbons (Fsp3) is 0.316. The molecule has 0 radical (unpaired) electrons. The minimum atomic E-state index is -0.368. The zero-order chi connectivity index (χ0) is 19.6. The van der Waals surface area contributed by atoms with Crippen molar-refractivity contribution in [2.75, 3.05) is 27.2 Å². The topological polar surface area (TPSA) is 67.2 Å². The number of benzene rings is 1. The number of carbonyl (C=O) groups excluding carboxylic acids is 1. The maximum absolute atomic E-state index is 13.9. The van der Waals surface area contributed by atoms with E-state index < -0.39 is 0 Å². The van der Waals surface area contributed by atoms with Gasteiger partial charge in [0.2, 0.25) is 0 Å². The van der Waals surface area contributed by atoms with E-state index in [2.05, 4.69) is 10.3 Å². The SMILES string of the molecule is Cc1c(C(=O)NCCN(C)C)sc2ncn(Cc3ccccc3F)c(=O)c12. The normalized spacial score (nSPS) is 11.3. The Labute approximate surface area is 160 Å². The molecule has 0 aliphatic heterocycles. The molecule has 0 bridgehead atoms. The Balaban J connectivity index is 1.92. The van der Waals surface area contributed by atoms with E-state index in [1.54, 1.807) is 25.1 Å². The van der Waals surface area contributed by atoms with Crippen LogP contribution in [-0.2, 0) is 6.54 Å². The van der Waals surface area contributed by atoms with Crippen molar-refractivity contribution in [3.05, 3.63) is 62.8 Å². The first-order valence-corrected chi connectivity index (χ1v) is 9.35. The molecule has 0 aliphatic rings. The predicted molar refractivity (Wildman–Crippen MR) is 105 cm³/mol. The largest absolute Gasteiger partial charge is 0.350 e. The van der Waals surface area contributed by atoms with Crippen LogP contribution >= 0.6 is 11.3 Å². The molecule has 0 atom stereocenters. The molecule has 6 nitrogen and oxygen atoms in total. The molecule has 2 heterocycles. The summed E-state index contributed by atoms with van der Waals surface area (Å²) in [5.41, 5.74) is 0.748. The minimum absolute atomic E-state index is 0.0914. The number of rotatable bonds is 6. The van der Waals surface area contributed by atoms with Crippen LogP contribution in [0.2, 0.25) is 0 Å². The Bertz CT molecular complexity index is 1040. The average molecular weight is 388 g/mol. The molecular formula is C19H21FN4O2S. The molecule has 142 valence electrons. The molecule has 2 aromatic heterocycles. The highest BCUT2D eigenvalue weighted by Gasteiger charge is 2.19. The van der Waals surface area contributed by atoms with E-state index in [-0.39, 0.29) is 23.8 Å². The third-order valence-corrected chi connectivity index (χ3v) is 5.47. The van der Waals surface area contributed by atoms with Gasteiger partial charge >= 0.3 is 0 Å². The number of likely N-dealkylation sites (N-methyl/N-ethyl adjacent to an activating group) is 1. The molecule has 0 saturated carbocycles. The first kappa shape index (κ1) is 19.2. The summed E-state index contributed by atoms with van der Waals surface area (Å²) in [6.45, 7) is 3.08. The molecule has 3 aromatic rings. The molecule has 27 heavy (non-hydrogen) atoms. The number of aromatic nitrogens is 2. The number of carbonyl (C=O) groups is 1. The third kappa shape index (κ3) is 4.06. The van der Waals surface area contributed by atoms with Crippen molar-refractivity contribution < 1.29 is 9.18 Å². The number of halogens is 1. The van der Waals surface area contributed by atoms with Crippen LogP contribution in [0.3, 0.4) is 0 Å². The van der Waals surface area contributed by atoms with Crippen molar-refractivity contribution in [3.8, 4) is 0 Å². The lowest BCUT2D eigenvalue weighted by Crippen LogP contribution is -2.31. The number of aryl methyl sites for hydroxylation is 1. The van der Waals surface area contributed by atoms with Crippen molar-refractivity contribution in [1.29, 1.82) is 0 Å². The summed E-state index contributed by atoms with van der Waals surface area (Å²) in [6, 6.07) is 6.32. The van der Waals surface area contributed by atoms with Gasteiger partial charge in [-0.05, 0) is 32.6 Å². The minimum Gasteiger partial charge on any atom is -0.350 e. The molecule has 8 heteroatoms. The second kappa shape index (κ2) is 7.98. The number of hydrogen-bond acceptors (Lipinski definition) is 5. The molecular weight excluding hydrogens is 367 g/mol. The predicted octanol–water partition coefficient (Wildman–Crippen LogP) is 2.25. The Morgan fingerprint density at radius 2 is 2.07 bits per heavy atom. The zero-order valence-corrected chi connectivity index (χ0v) is 16.3. The molecule has 1 N–H and O–H groups in total. The quantitative estimate of drug-likeness (QED) is 0.703. The molecule has 0 saturated heterocycles. The van der Waals surface area contributed by atoms with Gasteiger partial charge in [-0.3, -0.25) is 14.2 Å². The van der Waals surface area contributed by atoms with Gasteiger partial charge in [0, 0.05) is 18.7 Å². The standard InChI is InChI=1S/C19H21FN4O2S/c1-12-15-18(27-16(12)17(25)21-8-9-23(2)3)22-11-24(19(15)26)10-13-6-4-5-7-14(13)20/h4-7,11H,8-10H2,1-3H3,(H,21,25). The molecule has 1 amide bonds. The van der Waals surface area contributed by atoms with E-state index in [0.29, 0.717) is 32.8 Å². The van der Waals surface area contributed by atoms with Gasteiger partial charge in [-0.2, -0.15) is 0 Å². The highest BCUT2D eigenvalue weighted by atomic mass is 32.1. The lowest BCUT2D eigenvalue weighted by atomic mass is 10.2. The van der Waals surface area contributed by atoms with Gasteiger partial charge < -0.3 is 10.2 Å². The van der Waals surface area contributed by atoms with Gasteiger partial charge in [-0.15, -0.1) is 11.3 Å². The lowest BCUT2D eigenvalue weighted by molar-refractivity contribution is 0.0954. The maximum atomic E-state index is 13.9. The Morgan fingerprint density at radius 3 is 2.78 bits per heavy atom. The fourth-order valence-corrected chi connectivity index (χ4v) is 3.83. The van der Waals surface area contributed by atoms with Gasteiger partial charge in [0.25, 0.3) is 11.5 Å². The third-order valence-electron chi connectivity index (χ3n) is 4.27. The number of amides is 1. The maximum Gasteiger partial charge on any atom is 0.262 e. The van der Waals surface area contributed by atoms with Crippen molar-refractivity contribution in [3.63, 3.8) is 0 Å². The van der Waals surface area contributed by atoms with Crippen molar-refractivity contribution >= 4 is 27.5 Å². The van der Waals surface area contributed by atoms with Gasteiger partial charge in [0.05, 0.1) is 23.1 Å². The Morgan fingerprint density at radius 1 is 1.33 bits per heavy atom. The fourth-order valence-electron chi connectivity index (χ4n) is 2.77. The highest BCUT2D eigenvalue weighted by molar-refractivity contribution is 7.20. The van der Waals surface area contributed by atoms with Crippen LogP contribution in [-0.4, -0.2) is 47.5 Å². The smallest absolute Gasteiger partial charge is 0.262 e. The van der Waals surface area contributed by atoms with Crippen molar-refractivity contribution in [1.82, 2.24) is 19.8 Å². The van der Waals surface area contributed by atoms with E-state index >= 15 is 0 Å². The van der Waals surface area contributed by atoms with E-state index in [1.807, 2.05) is 19.0 Å². The van der Waals surface area contributed by atoms with Crippen LogP contribution in [0.5, 0.6) is 0 Å². The number of nitrogens with zero attached hydrogens (tertiary/aromatic N) is 3. The number of thiophene rings is 1. The van der Waals surface area contributed by atoms with Gasteiger partial charge in [-0.25, -0.2) is 9.37 Å². The average Bonchev–Trinajstić information content (AvgIpc) is 2.96. The van der Waals surface area contributed by atoms with E-state index in [0.717, 1.165) is 6.54 Å². The molecule has 0 spiro atoms. The van der Waals surface area contributed by atoms with E-state index in [4.69, 9.17) is 0 Å². The first-order chi connectivity index (χ1) is 12.9. The second-order valence-corrected chi connectivity index (χ2v) is 7.56. The van der Waals surface area contributed by atoms with Gasteiger partial charge in [0.1, 0.15) is 10.6 Å². The summed E-state index contributed by atoms with van der Waals surface area (Å²) < 4.78 is 15.3. The number of nitrogens with one attached hydrogen (secondary N) is 1. The van der Waals surface area contributed by atoms with Crippen LogP contribution < -0.4 is 10.9 Å². The number of fused-ring (bicyclic) bond motifs is 1. The summed E-state index contributed by atoms with van der Waals surface area (Å²) in [6.07, 6.45) is 1.40. The summed E-state index contributed by atoms with van der Waals surface area (Å²) in [5.74, 6) is -0.579. The van der Waals surface area contributed by atoms with Crippen LogP contribution in [0.1, 0.15) is 20.8 Å². The Hall–Kier alpha value is -2.58. The summed E-state index contributed by atoms with van der Waals surface area (Å²) >= 11 is 1.20. The van der Waals surface area contributed by atoms with E-state index in [1.165, 1.54) is 28.3 Å².